The molecule has 0 aromatic carbocycles. The van der Waals surface area contributed by atoms with Crippen LogP contribution in [0.3, 0.4) is 0 Å². The fourth-order valence-electron chi connectivity index (χ4n) is 1.14. The molecule has 0 aliphatic heterocycles. The molecular formula is C10H20F2N2OS. The van der Waals surface area contributed by atoms with Crippen LogP contribution in [-0.4, -0.2) is 35.9 Å². The molecule has 0 aliphatic rings. The fourth-order valence-corrected chi connectivity index (χ4v) is 2.12. The Balaban J connectivity index is 4.21. The molecule has 0 bridgehead atoms. The van der Waals surface area contributed by atoms with Gasteiger partial charge in [-0.25, -0.2) is 8.78 Å². The maximum Gasteiger partial charge on any atom is 0.277 e. The number of carbonyl (C=O) groups excluding carboxylic acids is 1. The highest BCUT2D eigenvalue weighted by molar-refractivity contribution is 8.00. The second-order valence-corrected chi connectivity index (χ2v) is 5.32. The average Bonchev–Trinajstić information content (AvgIpc) is 2.22. The summed E-state index contributed by atoms with van der Waals surface area (Å²) < 4.78 is 25.6. The van der Waals surface area contributed by atoms with E-state index in [0.717, 1.165) is 5.75 Å². The molecular weight excluding hydrogens is 234 g/mol. The molecule has 0 heterocycles. The molecule has 0 fully saturated rings. The average molecular weight is 254 g/mol. The van der Waals surface area contributed by atoms with Gasteiger partial charge in [-0.2, -0.15) is 0 Å². The first kappa shape index (κ1) is 15.6. The third kappa shape index (κ3) is 5.65. The molecule has 96 valence electrons. The Morgan fingerprint density at radius 1 is 1.50 bits per heavy atom. The Bertz CT molecular complexity index is 225. The van der Waals surface area contributed by atoms with Crippen LogP contribution in [0.15, 0.2) is 0 Å². The van der Waals surface area contributed by atoms with Crippen LogP contribution in [0.2, 0.25) is 0 Å². The van der Waals surface area contributed by atoms with E-state index in [1.54, 1.807) is 0 Å². The Hall–Kier alpha value is -0.360. The van der Waals surface area contributed by atoms with Gasteiger partial charge in [-0.3, -0.25) is 4.79 Å². The van der Waals surface area contributed by atoms with Crippen molar-refractivity contribution in [3.63, 3.8) is 0 Å². The maximum absolute atomic E-state index is 12.8. The van der Waals surface area contributed by atoms with Gasteiger partial charge in [0, 0.05) is 0 Å². The number of thioether (sulfide) groups is 1. The Morgan fingerprint density at radius 3 is 2.44 bits per heavy atom. The number of amides is 1. The fraction of sp³-hybridized carbons (Fsp3) is 0.900. The van der Waals surface area contributed by atoms with Gasteiger partial charge >= 0.3 is 0 Å². The maximum atomic E-state index is 12.8. The summed E-state index contributed by atoms with van der Waals surface area (Å²) in [6, 6.07) is 0. The standard InChI is InChI=1S/C10H20F2N2OS/c1-4-16-8(7(2)3)9(15)14-6-10(11,12)5-13/h7-8H,4-6,13H2,1-3H3,(H,14,15). The smallest absolute Gasteiger partial charge is 0.277 e. The van der Waals surface area contributed by atoms with E-state index in [4.69, 9.17) is 5.73 Å². The molecule has 1 amide bonds. The summed E-state index contributed by atoms with van der Waals surface area (Å²) in [6.07, 6.45) is 0. The van der Waals surface area contributed by atoms with Crippen LogP contribution >= 0.6 is 11.8 Å². The van der Waals surface area contributed by atoms with Crippen LogP contribution in [0, 0.1) is 5.92 Å². The molecule has 0 saturated carbocycles. The number of alkyl halides is 2. The lowest BCUT2D eigenvalue weighted by Crippen LogP contribution is -2.45. The van der Waals surface area contributed by atoms with Gasteiger partial charge in [-0.15, -0.1) is 11.8 Å². The Labute approximate surface area is 99.5 Å². The van der Waals surface area contributed by atoms with Gasteiger partial charge in [0.15, 0.2) is 0 Å². The monoisotopic (exact) mass is 254 g/mol. The summed E-state index contributed by atoms with van der Waals surface area (Å²) in [5, 5.41) is 1.97. The third-order valence-corrected chi connectivity index (χ3v) is 3.48. The molecule has 3 nitrogen and oxygen atoms in total. The highest BCUT2D eigenvalue weighted by Gasteiger charge is 2.29. The molecule has 0 radical (unpaired) electrons. The van der Waals surface area contributed by atoms with E-state index in [1.165, 1.54) is 11.8 Å². The molecule has 1 unspecified atom stereocenters. The number of hydrogen-bond donors (Lipinski definition) is 2. The molecule has 0 rings (SSSR count). The summed E-state index contributed by atoms with van der Waals surface area (Å²) in [7, 11) is 0. The van der Waals surface area contributed by atoms with Crippen molar-refractivity contribution < 1.29 is 13.6 Å². The minimum atomic E-state index is -3.02. The summed E-state index contributed by atoms with van der Waals surface area (Å²) in [5.41, 5.74) is 4.88. The van der Waals surface area contributed by atoms with Crippen LogP contribution < -0.4 is 11.1 Å². The Kier molecular flexibility index (Phi) is 6.90. The van der Waals surface area contributed by atoms with E-state index in [2.05, 4.69) is 5.32 Å². The van der Waals surface area contributed by atoms with Crippen molar-refractivity contribution in [1.29, 1.82) is 0 Å². The second-order valence-electron chi connectivity index (χ2n) is 3.90. The Morgan fingerprint density at radius 2 is 2.06 bits per heavy atom. The molecule has 0 spiro atoms. The zero-order valence-electron chi connectivity index (χ0n) is 9.93. The third-order valence-electron chi connectivity index (χ3n) is 2.03. The SMILES string of the molecule is CCSC(C(=O)NCC(F)(F)CN)C(C)C. The van der Waals surface area contributed by atoms with Gasteiger partial charge in [0.05, 0.1) is 18.3 Å². The molecule has 0 aromatic heterocycles. The van der Waals surface area contributed by atoms with Gasteiger partial charge in [-0.05, 0) is 11.7 Å². The largest absolute Gasteiger partial charge is 0.349 e. The summed E-state index contributed by atoms with van der Waals surface area (Å²) in [6.45, 7) is 4.29. The van der Waals surface area contributed by atoms with Gasteiger partial charge in [-0.1, -0.05) is 20.8 Å². The normalized spacial score (nSPS) is 13.9. The number of nitrogens with two attached hydrogens (primary N) is 1. The van der Waals surface area contributed by atoms with E-state index in [9.17, 15) is 13.6 Å². The number of rotatable bonds is 7. The zero-order chi connectivity index (χ0) is 12.8. The molecule has 3 N–H and O–H groups in total. The predicted octanol–water partition coefficient (Wildman–Crippen LogP) is 1.47. The lowest BCUT2D eigenvalue weighted by molar-refractivity contribution is -0.123. The highest BCUT2D eigenvalue weighted by Crippen LogP contribution is 2.19. The number of halogens is 2. The lowest BCUT2D eigenvalue weighted by atomic mass is 10.1. The minimum Gasteiger partial charge on any atom is -0.349 e. The first-order chi connectivity index (χ1) is 7.34. The van der Waals surface area contributed by atoms with E-state index in [-0.39, 0.29) is 17.1 Å². The molecule has 0 aromatic rings. The molecule has 0 saturated heterocycles. The zero-order valence-corrected chi connectivity index (χ0v) is 10.7. The van der Waals surface area contributed by atoms with Crippen molar-refractivity contribution in [3.05, 3.63) is 0 Å². The quantitative estimate of drug-likeness (QED) is 0.723. The molecule has 0 aliphatic carbocycles. The van der Waals surface area contributed by atoms with E-state index in [1.807, 2.05) is 20.8 Å². The van der Waals surface area contributed by atoms with Crippen molar-refractivity contribution in [2.24, 2.45) is 11.7 Å². The summed E-state index contributed by atoms with van der Waals surface area (Å²) in [5.74, 6) is -2.45. The van der Waals surface area contributed by atoms with Crippen molar-refractivity contribution in [3.8, 4) is 0 Å². The van der Waals surface area contributed by atoms with E-state index >= 15 is 0 Å². The van der Waals surface area contributed by atoms with Crippen LogP contribution in [0.1, 0.15) is 20.8 Å². The van der Waals surface area contributed by atoms with Crippen molar-refractivity contribution in [1.82, 2.24) is 5.32 Å². The van der Waals surface area contributed by atoms with Crippen LogP contribution in [0.5, 0.6) is 0 Å². The first-order valence-corrected chi connectivity index (χ1v) is 6.36. The highest BCUT2D eigenvalue weighted by atomic mass is 32.2. The van der Waals surface area contributed by atoms with Crippen LogP contribution in [0.4, 0.5) is 8.78 Å². The van der Waals surface area contributed by atoms with Crippen LogP contribution in [-0.2, 0) is 4.79 Å². The molecule has 6 heteroatoms. The lowest BCUT2D eigenvalue weighted by Gasteiger charge is -2.21. The van der Waals surface area contributed by atoms with Crippen molar-refractivity contribution in [2.75, 3.05) is 18.8 Å². The van der Waals surface area contributed by atoms with Crippen molar-refractivity contribution in [2.45, 2.75) is 31.9 Å². The minimum absolute atomic E-state index is 0.122. The topological polar surface area (TPSA) is 55.1 Å². The van der Waals surface area contributed by atoms with Gasteiger partial charge in [0.25, 0.3) is 5.92 Å². The molecule has 16 heavy (non-hydrogen) atoms. The van der Waals surface area contributed by atoms with Gasteiger partial charge < -0.3 is 11.1 Å². The van der Waals surface area contributed by atoms with E-state index < -0.39 is 19.0 Å². The summed E-state index contributed by atoms with van der Waals surface area (Å²) >= 11 is 1.46. The number of hydrogen-bond acceptors (Lipinski definition) is 3. The first-order valence-electron chi connectivity index (χ1n) is 5.31. The molecule has 1 atom stereocenters. The van der Waals surface area contributed by atoms with Gasteiger partial charge in [0.2, 0.25) is 5.91 Å². The van der Waals surface area contributed by atoms with Crippen molar-refractivity contribution >= 4 is 17.7 Å². The van der Waals surface area contributed by atoms with Gasteiger partial charge in [0.1, 0.15) is 0 Å². The second kappa shape index (κ2) is 7.06. The summed E-state index contributed by atoms with van der Waals surface area (Å²) in [4.78, 5) is 11.6. The number of carbonyl (C=O) groups is 1. The van der Waals surface area contributed by atoms with E-state index in [0.29, 0.717) is 0 Å². The number of nitrogens with one attached hydrogen (secondary N) is 1. The predicted molar refractivity (Wildman–Crippen MR) is 63.8 cm³/mol. The van der Waals surface area contributed by atoms with Crippen LogP contribution in [0.25, 0.3) is 0 Å².